The molecule has 1 atom stereocenters. The van der Waals surface area contributed by atoms with Crippen LogP contribution in [-0.4, -0.2) is 19.6 Å². The number of anilines is 1. The van der Waals surface area contributed by atoms with Gasteiger partial charge in [-0.2, -0.15) is 0 Å². The molecule has 0 bridgehead atoms. The van der Waals surface area contributed by atoms with Crippen molar-refractivity contribution in [3.63, 3.8) is 0 Å². The minimum Gasteiger partial charge on any atom is -0.496 e. The van der Waals surface area contributed by atoms with Crippen LogP contribution in [0.5, 0.6) is 5.75 Å². The molecule has 1 unspecified atom stereocenters. The van der Waals surface area contributed by atoms with Crippen molar-refractivity contribution in [2.45, 2.75) is 34.1 Å². The number of nitrogens with two attached hydrogens (primary N) is 1. The Morgan fingerprint density at radius 3 is 2.47 bits per heavy atom. The van der Waals surface area contributed by atoms with Gasteiger partial charge < -0.3 is 15.8 Å². The molecule has 106 valence electrons. The Morgan fingerprint density at radius 2 is 2.00 bits per heavy atom. The van der Waals surface area contributed by atoms with Crippen LogP contribution in [0, 0.1) is 26.7 Å². The van der Waals surface area contributed by atoms with E-state index in [9.17, 15) is 4.79 Å². The highest BCUT2D eigenvalue weighted by molar-refractivity contribution is 5.94. The molecule has 0 aromatic heterocycles. The molecule has 0 spiro atoms. The van der Waals surface area contributed by atoms with Gasteiger partial charge in [-0.1, -0.05) is 6.92 Å². The van der Waals surface area contributed by atoms with Crippen LogP contribution in [0.25, 0.3) is 0 Å². The first-order chi connectivity index (χ1) is 8.96. The molecule has 1 rings (SSSR count). The van der Waals surface area contributed by atoms with Crippen LogP contribution in [0.4, 0.5) is 5.69 Å². The second-order valence-corrected chi connectivity index (χ2v) is 4.85. The van der Waals surface area contributed by atoms with Crippen LogP contribution in [-0.2, 0) is 4.79 Å². The number of ether oxygens (including phenoxy) is 1. The average molecular weight is 264 g/mol. The molecule has 0 saturated heterocycles. The number of aryl methyl sites for hydroxylation is 1. The largest absolute Gasteiger partial charge is 0.496 e. The van der Waals surface area contributed by atoms with Crippen LogP contribution in [0.2, 0.25) is 0 Å². The first kappa shape index (κ1) is 15.5. The van der Waals surface area contributed by atoms with Crippen molar-refractivity contribution >= 4 is 11.6 Å². The van der Waals surface area contributed by atoms with E-state index in [1.165, 1.54) is 0 Å². The third-order valence-electron chi connectivity index (χ3n) is 3.67. The lowest BCUT2D eigenvalue weighted by atomic mass is 10.0. The topological polar surface area (TPSA) is 64.4 Å². The number of hydrogen-bond acceptors (Lipinski definition) is 3. The van der Waals surface area contributed by atoms with Gasteiger partial charge in [-0.3, -0.25) is 4.79 Å². The fraction of sp³-hybridized carbons (Fsp3) is 0.533. The molecule has 0 heterocycles. The van der Waals surface area contributed by atoms with Crippen molar-refractivity contribution < 1.29 is 9.53 Å². The standard InChI is InChI=1S/C15H24N2O2/c1-6-12(8-16)15(18)17-14-9(2)7-13(19-5)10(3)11(14)4/h7,12H,6,8,16H2,1-5H3,(H,17,18). The minimum atomic E-state index is -0.138. The van der Waals surface area contributed by atoms with Crippen LogP contribution in [0.1, 0.15) is 30.0 Å². The highest BCUT2D eigenvalue weighted by atomic mass is 16.5. The van der Waals surface area contributed by atoms with Gasteiger partial charge in [-0.15, -0.1) is 0 Å². The van der Waals surface area contributed by atoms with E-state index < -0.39 is 0 Å². The van der Waals surface area contributed by atoms with Gasteiger partial charge in [0.15, 0.2) is 0 Å². The molecule has 4 nitrogen and oxygen atoms in total. The molecule has 0 aliphatic rings. The van der Waals surface area contributed by atoms with Crippen molar-refractivity contribution in [3.8, 4) is 5.75 Å². The predicted molar refractivity (Wildman–Crippen MR) is 78.7 cm³/mol. The molecule has 1 aromatic rings. The normalized spacial score (nSPS) is 12.1. The quantitative estimate of drug-likeness (QED) is 0.859. The van der Waals surface area contributed by atoms with Crippen LogP contribution in [0.15, 0.2) is 6.07 Å². The Balaban J connectivity index is 3.09. The van der Waals surface area contributed by atoms with Gasteiger partial charge in [0.2, 0.25) is 5.91 Å². The molecule has 19 heavy (non-hydrogen) atoms. The van der Waals surface area contributed by atoms with Crippen molar-refractivity contribution in [2.24, 2.45) is 11.7 Å². The van der Waals surface area contributed by atoms with E-state index in [2.05, 4.69) is 5.32 Å². The number of hydrogen-bond donors (Lipinski definition) is 2. The molecule has 3 N–H and O–H groups in total. The van der Waals surface area contributed by atoms with Gasteiger partial charge >= 0.3 is 0 Å². The zero-order valence-electron chi connectivity index (χ0n) is 12.5. The Hall–Kier alpha value is -1.55. The zero-order valence-corrected chi connectivity index (χ0v) is 12.5. The molecule has 0 aliphatic heterocycles. The first-order valence-electron chi connectivity index (χ1n) is 6.61. The summed E-state index contributed by atoms with van der Waals surface area (Å²) in [5, 5.41) is 3.00. The maximum atomic E-state index is 12.1. The number of methoxy groups -OCH3 is 1. The van der Waals surface area contributed by atoms with Crippen molar-refractivity contribution in [1.82, 2.24) is 0 Å². The summed E-state index contributed by atoms with van der Waals surface area (Å²) in [5.41, 5.74) is 9.56. The van der Waals surface area contributed by atoms with Gasteiger partial charge in [-0.25, -0.2) is 0 Å². The van der Waals surface area contributed by atoms with Crippen molar-refractivity contribution in [2.75, 3.05) is 19.0 Å². The number of nitrogens with one attached hydrogen (secondary N) is 1. The van der Waals surface area contributed by atoms with Gasteiger partial charge in [0.1, 0.15) is 5.75 Å². The lowest BCUT2D eigenvalue weighted by Crippen LogP contribution is -2.29. The summed E-state index contributed by atoms with van der Waals surface area (Å²) in [6, 6.07) is 1.95. The van der Waals surface area contributed by atoms with Crippen LogP contribution < -0.4 is 15.8 Å². The number of carbonyl (C=O) groups is 1. The average Bonchev–Trinajstić information content (AvgIpc) is 2.40. The lowest BCUT2D eigenvalue weighted by Gasteiger charge is -2.19. The van der Waals surface area contributed by atoms with E-state index in [4.69, 9.17) is 10.5 Å². The summed E-state index contributed by atoms with van der Waals surface area (Å²) in [6.45, 7) is 8.28. The van der Waals surface area contributed by atoms with Crippen LogP contribution in [0.3, 0.4) is 0 Å². The highest BCUT2D eigenvalue weighted by Gasteiger charge is 2.18. The third-order valence-corrected chi connectivity index (χ3v) is 3.67. The van der Waals surface area contributed by atoms with Gasteiger partial charge in [0.05, 0.1) is 13.0 Å². The molecule has 0 aliphatic carbocycles. The van der Waals surface area contributed by atoms with Gasteiger partial charge in [0.25, 0.3) is 0 Å². The maximum absolute atomic E-state index is 12.1. The molecule has 0 radical (unpaired) electrons. The zero-order chi connectivity index (χ0) is 14.6. The molecule has 1 aromatic carbocycles. The Morgan fingerprint density at radius 1 is 1.37 bits per heavy atom. The fourth-order valence-electron chi connectivity index (χ4n) is 2.13. The van der Waals surface area contributed by atoms with Crippen LogP contribution >= 0.6 is 0 Å². The summed E-state index contributed by atoms with van der Waals surface area (Å²) < 4.78 is 5.32. The van der Waals surface area contributed by atoms with E-state index in [1.54, 1.807) is 7.11 Å². The van der Waals surface area contributed by atoms with E-state index in [0.717, 1.165) is 34.5 Å². The Labute approximate surface area is 115 Å². The third kappa shape index (κ3) is 3.26. The second-order valence-electron chi connectivity index (χ2n) is 4.85. The smallest absolute Gasteiger partial charge is 0.228 e. The maximum Gasteiger partial charge on any atom is 0.228 e. The van der Waals surface area contributed by atoms with Gasteiger partial charge in [-0.05, 0) is 49.9 Å². The minimum absolute atomic E-state index is 0.0132. The molecule has 4 heteroatoms. The predicted octanol–water partition coefficient (Wildman–Crippen LogP) is 2.54. The first-order valence-corrected chi connectivity index (χ1v) is 6.61. The summed E-state index contributed by atoms with van der Waals surface area (Å²) in [4.78, 5) is 12.1. The van der Waals surface area contributed by atoms with E-state index in [0.29, 0.717) is 6.54 Å². The summed E-state index contributed by atoms with van der Waals surface area (Å²) in [7, 11) is 1.65. The number of amides is 1. The van der Waals surface area contributed by atoms with Crippen molar-refractivity contribution in [3.05, 3.63) is 22.8 Å². The fourth-order valence-corrected chi connectivity index (χ4v) is 2.13. The summed E-state index contributed by atoms with van der Waals surface area (Å²) in [6.07, 6.45) is 0.746. The highest BCUT2D eigenvalue weighted by Crippen LogP contribution is 2.31. The number of rotatable bonds is 5. The second kappa shape index (κ2) is 6.57. The van der Waals surface area contributed by atoms with Gasteiger partial charge in [0, 0.05) is 12.2 Å². The van der Waals surface area contributed by atoms with E-state index in [1.807, 2.05) is 33.8 Å². The Bertz CT molecular complexity index is 466. The molecule has 1 amide bonds. The monoisotopic (exact) mass is 264 g/mol. The Kier molecular flexibility index (Phi) is 5.36. The summed E-state index contributed by atoms with van der Waals surface area (Å²) >= 11 is 0. The van der Waals surface area contributed by atoms with E-state index >= 15 is 0 Å². The van der Waals surface area contributed by atoms with Crippen molar-refractivity contribution in [1.29, 1.82) is 0 Å². The molecular weight excluding hydrogens is 240 g/mol. The molecular formula is C15H24N2O2. The lowest BCUT2D eigenvalue weighted by molar-refractivity contribution is -0.119. The summed E-state index contributed by atoms with van der Waals surface area (Å²) in [5.74, 6) is 0.695. The number of carbonyl (C=O) groups excluding carboxylic acids is 1. The number of benzene rings is 1. The SMILES string of the molecule is CCC(CN)C(=O)Nc1c(C)cc(OC)c(C)c1C. The molecule has 0 fully saturated rings. The van der Waals surface area contributed by atoms with E-state index in [-0.39, 0.29) is 11.8 Å². The molecule has 0 saturated carbocycles.